The zero-order valence-electron chi connectivity index (χ0n) is 11.3. The van der Waals surface area contributed by atoms with Crippen LogP contribution in [-0.2, 0) is 13.0 Å². The molecular weight excluding hydrogens is 258 g/mol. The van der Waals surface area contributed by atoms with Gasteiger partial charge in [-0.15, -0.1) is 11.3 Å². The average Bonchev–Trinajstić information content (AvgIpc) is 2.87. The Morgan fingerprint density at radius 2 is 2.00 bits per heavy atom. The van der Waals surface area contributed by atoms with E-state index in [-0.39, 0.29) is 6.10 Å². The van der Waals surface area contributed by atoms with E-state index in [4.69, 9.17) is 0 Å². The molecule has 0 bridgehead atoms. The molecule has 0 saturated carbocycles. The zero-order chi connectivity index (χ0) is 13.1. The summed E-state index contributed by atoms with van der Waals surface area (Å²) in [4.78, 5) is 6.29. The van der Waals surface area contributed by atoms with Crippen LogP contribution in [0.3, 0.4) is 0 Å². The monoisotopic (exact) mass is 281 g/mol. The first-order valence-corrected chi connectivity index (χ1v) is 8.08. The lowest BCUT2D eigenvalue weighted by atomic mass is 10.1. The van der Waals surface area contributed by atoms with Crippen LogP contribution in [0.2, 0.25) is 0 Å². The molecule has 1 unspecified atom stereocenters. The number of nitrogens with zero attached hydrogens (tertiary/aromatic N) is 2. The molecule has 4 nitrogen and oxygen atoms in total. The van der Waals surface area contributed by atoms with Gasteiger partial charge in [0.15, 0.2) is 0 Å². The van der Waals surface area contributed by atoms with Crippen molar-refractivity contribution in [2.24, 2.45) is 0 Å². The van der Waals surface area contributed by atoms with Gasteiger partial charge in [-0.3, -0.25) is 9.80 Å². The summed E-state index contributed by atoms with van der Waals surface area (Å²) in [5.74, 6) is 0. The van der Waals surface area contributed by atoms with Crippen LogP contribution in [-0.4, -0.2) is 66.8 Å². The van der Waals surface area contributed by atoms with Gasteiger partial charge >= 0.3 is 0 Å². The third-order valence-electron chi connectivity index (χ3n) is 4.03. The lowest BCUT2D eigenvalue weighted by molar-refractivity contribution is 0.0654. The Kier molecular flexibility index (Phi) is 4.50. The summed E-state index contributed by atoms with van der Waals surface area (Å²) in [5, 5.41) is 15.8. The Balaban J connectivity index is 1.46. The molecule has 1 saturated heterocycles. The van der Waals surface area contributed by atoms with Crippen LogP contribution in [0.25, 0.3) is 0 Å². The second kappa shape index (κ2) is 6.33. The van der Waals surface area contributed by atoms with Crippen molar-refractivity contribution < 1.29 is 5.11 Å². The van der Waals surface area contributed by atoms with Crippen LogP contribution < -0.4 is 5.32 Å². The predicted molar refractivity (Wildman–Crippen MR) is 78.6 cm³/mol. The maximum atomic E-state index is 10.3. The Morgan fingerprint density at radius 1 is 1.21 bits per heavy atom. The number of β-amino-alcohol motifs (C(OH)–C–C–N with tert-alkyl or cyclic N) is 1. The first-order chi connectivity index (χ1) is 9.31. The number of aliphatic hydroxyl groups is 1. The molecule has 1 aromatic heterocycles. The molecule has 3 rings (SSSR count). The van der Waals surface area contributed by atoms with Gasteiger partial charge in [-0.1, -0.05) is 0 Å². The molecule has 0 radical (unpaired) electrons. The van der Waals surface area contributed by atoms with Crippen LogP contribution in [0, 0.1) is 0 Å². The number of hydrogen-bond donors (Lipinski definition) is 2. The van der Waals surface area contributed by atoms with Crippen molar-refractivity contribution in [3.05, 3.63) is 21.9 Å². The molecule has 1 fully saturated rings. The minimum Gasteiger partial charge on any atom is -0.390 e. The SMILES string of the molecule is OC(CN1CCNCC1)CN1CCc2sccc2C1. The number of piperazine rings is 1. The summed E-state index contributed by atoms with van der Waals surface area (Å²) in [6.07, 6.45) is 0.922. The largest absolute Gasteiger partial charge is 0.390 e. The zero-order valence-corrected chi connectivity index (χ0v) is 12.2. The lowest BCUT2D eigenvalue weighted by Crippen LogP contribution is -2.48. The highest BCUT2D eigenvalue weighted by atomic mass is 32.1. The van der Waals surface area contributed by atoms with Gasteiger partial charge < -0.3 is 10.4 Å². The normalized spacial score (nSPS) is 23.2. The Morgan fingerprint density at radius 3 is 2.84 bits per heavy atom. The summed E-state index contributed by atoms with van der Waals surface area (Å²) >= 11 is 1.87. The fourth-order valence-corrected chi connectivity index (χ4v) is 3.90. The molecule has 0 amide bonds. The third-order valence-corrected chi connectivity index (χ3v) is 5.06. The van der Waals surface area contributed by atoms with E-state index in [9.17, 15) is 5.11 Å². The highest BCUT2D eigenvalue weighted by Gasteiger charge is 2.21. The number of thiophene rings is 1. The van der Waals surface area contributed by atoms with Gasteiger partial charge in [-0.05, 0) is 23.4 Å². The fourth-order valence-electron chi connectivity index (χ4n) is 3.01. The number of nitrogens with one attached hydrogen (secondary N) is 1. The molecule has 19 heavy (non-hydrogen) atoms. The molecule has 5 heteroatoms. The number of rotatable bonds is 4. The van der Waals surface area contributed by atoms with Crippen molar-refractivity contribution in [3.8, 4) is 0 Å². The molecule has 1 atom stereocenters. The molecule has 2 aliphatic heterocycles. The summed E-state index contributed by atoms with van der Waals surface area (Å²) in [5.41, 5.74) is 1.46. The molecule has 0 aromatic carbocycles. The Hall–Kier alpha value is -0.460. The second-order valence-electron chi connectivity index (χ2n) is 5.56. The van der Waals surface area contributed by atoms with E-state index >= 15 is 0 Å². The molecule has 0 aliphatic carbocycles. The van der Waals surface area contributed by atoms with Crippen LogP contribution in [0.5, 0.6) is 0 Å². The maximum absolute atomic E-state index is 10.3. The van der Waals surface area contributed by atoms with Crippen LogP contribution in [0.1, 0.15) is 10.4 Å². The second-order valence-corrected chi connectivity index (χ2v) is 6.56. The first kappa shape index (κ1) is 13.5. The highest BCUT2D eigenvalue weighted by molar-refractivity contribution is 7.10. The summed E-state index contributed by atoms with van der Waals surface area (Å²) < 4.78 is 0. The molecule has 3 heterocycles. The van der Waals surface area contributed by atoms with Crippen LogP contribution in [0.15, 0.2) is 11.4 Å². The first-order valence-electron chi connectivity index (χ1n) is 7.20. The van der Waals surface area contributed by atoms with E-state index in [0.717, 1.165) is 58.8 Å². The molecule has 2 aliphatic rings. The Labute approximate surface area is 119 Å². The van der Waals surface area contributed by atoms with E-state index in [1.807, 2.05) is 11.3 Å². The quantitative estimate of drug-likeness (QED) is 0.836. The van der Waals surface area contributed by atoms with Crippen molar-refractivity contribution in [1.29, 1.82) is 0 Å². The standard InChI is InChI=1S/C14H23N3OS/c18-13(10-16-6-3-15-4-7-16)11-17-5-1-14-12(9-17)2-8-19-14/h2,8,13,15,18H,1,3-7,9-11H2. The summed E-state index contributed by atoms with van der Waals surface area (Å²) in [7, 11) is 0. The fraction of sp³-hybridized carbons (Fsp3) is 0.714. The molecule has 1 aromatic rings. The van der Waals surface area contributed by atoms with Gasteiger partial charge in [-0.25, -0.2) is 0 Å². The highest BCUT2D eigenvalue weighted by Crippen LogP contribution is 2.23. The van der Waals surface area contributed by atoms with Gasteiger partial charge in [0.25, 0.3) is 0 Å². The number of aliphatic hydroxyl groups excluding tert-OH is 1. The summed E-state index contributed by atoms with van der Waals surface area (Å²) in [6.45, 7) is 7.94. The van der Waals surface area contributed by atoms with Crippen molar-refractivity contribution in [1.82, 2.24) is 15.1 Å². The summed E-state index contributed by atoms with van der Waals surface area (Å²) in [6, 6.07) is 2.23. The topological polar surface area (TPSA) is 38.7 Å². The minimum atomic E-state index is -0.224. The average molecular weight is 281 g/mol. The van der Waals surface area contributed by atoms with Gasteiger partial charge in [0.2, 0.25) is 0 Å². The smallest absolute Gasteiger partial charge is 0.0793 e. The number of fused-ring (bicyclic) bond motifs is 1. The Bertz CT molecular complexity index is 403. The van der Waals surface area contributed by atoms with Gasteiger partial charge in [0.05, 0.1) is 6.10 Å². The molecule has 2 N–H and O–H groups in total. The number of hydrogen-bond acceptors (Lipinski definition) is 5. The lowest BCUT2D eigenvalue weighted by Gasteiger charge is -2.32. The van der Waals surface area contributed by atoms with E-state index in [1.165, 1.54) is 10.4 Å². The third kappa shape index (κ3) is 3.55. The maximum Gasteiger partial charge on any atom is 0.0793 e. The van der Waals surface area contributed by atoms with Crippen molar-refractivity contribution in [2.75, 3.05) is 45.8 Å². The predicted octanol–water partition coefficient (Wildman–Crippen LogP) is 0.372. The van der Waals surface area contributed by atoms with E-state index in [0.29, 0.717) is 0 Å². The molecular formula is C14H23N3OS. The van der Waals surface area contributed by atoms with Crippen molar-refractivity contribution in [2.45, 2.75) is 19.1 Å². The van der Waals surface area contributed by atoms with Gasteiger partial charge in [-0.2, -0.15) is 0 Å². The minimum absolute atomic E-state index is 0.224. The molecule has 0 spiro atoms. The van der Waals surface area contributed by atoms with E-state index in [2.05, 4.69) is 26.6 Å². The van der Waals surface area contributed by atoms with Gasteiger partial charge in [0, 0.05) is 57.2 Å². The van der Waals surface area contributed by atoms with Gasteiger partial charge in [0.1, 0.15) is 0 Å². The van der Waals surface area contributed by atoms with E-state index < -0.39 is 0 Å². The molecule has 106 valence electrons. The van der Waals surface area contributed by atoms with Crippen LogP contribution in [0.4, 0.5) is 0 Å². The van der Waals surface area contributed by atoms with Crippen LogP contribution >= 0.6 is 11.3 Å². The van der Waals surface area contributed by atoms with Crippen molar-refractivity contribution in [3.63, 3.8) is 0 Å². The van der Waals surface area contributed by atoms with Crippen molar-refractivity contribution >= 4 is 11.3 Å². The van der Waals surface area contributed by atoms with E-state index in [1.54, 1.807) is 0 Å².